The molecule has 0 aliphatic carbocycles. The van der Waals surface area contributed by atoms with Gasteiger partial charge in [-0.2, -0.15) is 11.4 Å². The molecule has 10 aromatic rings. The van der Waals surface area contributed by atoms with E-state index in [1.54, 1.807) is 46.0 Å². The first-order valence-electron chi connectivity index (χ1n) is 41.7. The summed E-state index contributed by atoms with van der Waals surface area (Å²) in [6.07, 6.45) is 11.3. The van der Waals surface area contributed by atoms with Crippen LogP contribution in [0.5, 0.6) is 0 Å². The van der Waals surface area contributed by atoms with Crippen molar-refractivity contribution < 1.29 is 51.7 Å². The van der Waals surface area contributed by atoms with Gasteiger partial charge in [0.15, 0.2) is 21.2 Å². The molecule has 4 atom stereocenters. The van der Waals surface area contributed by atoms with Crippen LogP contribution < -0.4 is 21.2 Å². The second-order valence-corrected chi connectivity index (χ2v) is 38.3. The maximum absolute atomic E-state index is 5.01. The standard InChI is InChI=1S/2C25H42N3.2C16H20P2.2C10H8N2.2Sc/c2*1-17(2)23-12-11-13-24(18(3)4)25(23)27-22(10)16-21(9)26-14-15-28(19(5)6)20(7)8;2*1-11-7-5-8-12(2)15(11)17-18-16-13(3)9-6-10-14(16)4;2*1-3-7-11-9(5-1)10-6-2-4-8-12-10;;/h2*11-13,16-20H,14-15H2,1-10H3;2*5-10,17-18H,1-4H3;2*1-8H;;/q2*-1;2*+2;;;;/b2*22-16-,26-21?;;;;;;. The Morgan fingerprint density at radius 2 is 0.508 bits per heavy atom. The molecule has 10 rings (SSSR count). The predicted octanol–water partition coefficient (Wildman–Crippen LogP) is 27.4. The molecule has 0 amide bonds. The van der Waals surface area contributed by atoms with Crippen molar-refractivity contribution in [2.75, 3.05) is 26.2 Å². The van der Waals surface area contributed by atoms with Crippen LogP contribution in [0.3, 0.4) is 0 Å². The van der Waals surface area contributed by atoms with Crippen molar-refractivity contribution in [2.24, 2.45) is 9.98 Å². The third-order valence-corrected chi connectivity index (χ3v) is 28.1. The molecule has 2 radical (unpaired) electrons. The van der Waals surface area contributed by atoms with Crippen LogP contribution in [0.15, 0.2) is 240 Å². The number of benzene rings is 6. The first-order valence-corrected chi connectivity index (χ1v) is 47.7. The number of allylic oxidation sites excluding steroid dienone is 4. The van der Waals surface area contributed by atoms with Crippen molar-refractivity contribution in [3.05, 3.63) is 308 Å². The van der Waals surface area contributed by atoms with Gasteiger partial charge in [0.25, 0.3) is 31.5 Å². The number of aliphatic imine (C=N–C) groups is 2. The van der Waals surface area contributed by atoms with Crippen LogP contribution in [-0.2, 0) is 51.7 Å². The van der Waals surface area contributed by atoms with Crippen molar-refractivity contribution >= 4 is 75.5 Å². The van der Waals surface area contributed by atoms with Crippen molar-refractivity contribution in [3.63, 3.8) is 0 Å². The van der Waals surface area contributed by atoms with E-state index in [4.69, 9.17) is 20.6 Å². The molecule has 10 nitrogen and oxygen atoms in total. The minimum atomic E-state index is 0. The van der Waals surface area contributed by atoms with Gasteiger partial charge in [0.1, 0.15) is 0 Å². The van der Waals surface area contributed by atoms with Gasteiger partial charge in [-0.25, -0.2) is 0 Å². The van der Waals surface area contributed by atoms with Crippen LogP contribution >= 0.6 is 31.5 Å². The average molecular weight is 1720 g/mol. The van der Waals surface area contributed by atoms with Crippen LogP contribution in [0, 0.1) is 55.4 Å². The Morgan fingerprint density at radius 3 is 0.686 bits per heavy atom. The van der Waals surface area contributed by atoms with Crippen LogP contribution in [0.4, 0.5) is 11.4 Å². The molecular formula is C102H140N10P4Sc2+2. The van der Waals surface area contributed by atoms with Crippen LogP contribution in [0.1, 0.15) is 229 Å². The summed E-state index contributed by atoms with van der Waals surface area (Å²) < 4.78 is 0. The van der Waals surface area contributed by atoms with Gasteiger partial charge in [0.05, 0.1) is 35.9 Å². The summed E-state index contributed by atoms with van der Waals surface area (Å²) in [4.78, 5) is 31.2. The fourth-order valence-electron chi connectivity index (χ4n) is 13.7. The van der Waals surface area contributed by atoms with Gasteiger partial charge >= 0.3 is 0 Å². The zero-order valence-corrected chi connectivity index (χ0v) is 84.5. The number of hydrogen-bond acceptors (Lipinski definition) is 8. The number of para-hydroxylation sites is 2. The molecule has 622 valence electrons. The fraction of sp³-hybridized carbons (Fsp3) is 0.392. The molecule has 0 saturated carbocycles. The van der Waals surface area contributed by atoms with Crippen molar-refractivity contribution in [1.82, 2.24) is 29.7 Å². The Balaban J connectivity index is 0.000000374. The molecule has 4 aromatic heterocycles. The molecule has 0 aliphatic heterocycles. The van der Waals surface area contributed by atoms with Crippen LogP contribution in [-0.4, -0.2) is 91.5 Å². The Labute approximate surface area is 758 Å². The Kier molecular flexibility index (Phi) is 50.0. The van der Waals surface area contributed by atoms with Gasteiger partial charge < -0.3 is 10.6 Å². The van der Waals surface area contributed by atoms with E-state index in [0.29, 0.717) is 47.8 Å². The number of aromatic nitrogens is 4. The summed E-state index contributed by atoms with van der Waals surface area (Å²) in [6, 6.07) is 64.9. The van der Waals surface area contributed by atoms with E-state index in [0.717, 1.165) is 115 Å². The first kappa shape index (κ1) is 105. The summed E-state index contributed by atoms with van der Waals surface area (Å²) in [5.74, 6) is 1.83. The molecule has 0 bridgehead atoms. The quantitative estimate of drug-likeness (QED) is 0.0394. The van der Waals surface area contributed by atoms with E-state index < -0.39 is 0 Å². The number of aryl methyl sites for hydroxylation is 8. The maximum atomic E-state index is 5.01. The van der Waals surface area contributed by atoms with E-state index in [1.807, 2.05) is 72.8 Å². The number of hydrogen-bond donors (Lipinski definition) is 0. The molecule has 16 heteroatoms. The van der Waals surface area contributed by atoms with Crippen molar-refractivity contribution in [1.29, 1.82) is 0 Å². The Bertz CT molecular complexity index is 4150. The van der Waals surface area contributed by atoms with Crippen molar-refractivity contribution in [3.8, 4) is 22.8 Å². The smallest absolute Gasteiger partial charge is 0.296 e. The maximum Gasteiger partial charge on any atom is 0.296 e. The van der Waals surface area contributed by atoms with Crippen molar-refractivity contribution in [2.45, 2.75) is 242 Å². The Hall–Kier alpha value is -6.80. The average Bonchev–Trinajstić information content (AvgIpc) is 0.824. The van der Waals surface area contributed by atoms with Gasteiger partial charge in [-0.05, 0) is 197 Å². The van der Waals surface area contributed by atoms with E-state index in [-0.39, 0.29) is 51.7 Å². The van der Waals surface area contributed by atoms with E-state index in [2.05, 4.69) is 345 Å². The van der Waals surface area contributed by atoms with E-state index in [1.165, 1.54) is 66.8 Å². The second kappa shape index (κ2) is 56.0. The fourth-order valence-corrected chi connectivity index (χ4v) is 22.6. The Morgan fingerprint density at radius 1 is 0.305 bits per heavy atom. The third-order valence-electron chi connectivity index (χ3n) is 19.9. The number of pyridine rings is 4. The zero-order valence-electron chi connectivity index (χ0n) is 76.9. The van der Waals surface area contributed by atoms with Gasteiger partial charge in [-0.3, -0.25) is 39.7 Å². The summed E-state index contributed by atoms with van der Waals surface area (Å²) in [7, 11) is 3.60. The summed E-state index contributed by atoms with van der Waals surface area (Å²) in [5, 5.41) is 16.2. The zero-order chi connectivity index (χ0) is 85.6. The molecule has 0 spiro atoms. The number of nitrogens with zero attached hydrogens (tertiary/aromatic N) is 10. The molecular weight excluding hydrogens is 1580 g/mol. The molecule has 0 fully saturated rings. The molecule has 6 aromatic carbocycles. The third kappa shape index (κ3) is 36.5. The summed E-state index contributed by atoms with van der Waals surface area (Å²) in [5.41, 5.74) is 26.8. The number of rotatable bonds is 26. The van der Waals surface area contributed by atoms with Crippen LogP contribution in [0.25, 0.3) is 33.4 Å². The molecule has 4 heterocycles. The van der Waals surface area contributed by atoms with Gasteiger partial charge in [0, 0.05) is 170 Å². The molecule has 0 N–H and O–H groups in total. The second-order valence-electron chi connectivity index (χ2n) is 32.3. The largest absolute Gasteiger partial charge is 0.661 e. The van der Waals surface area contributed by atoms with Gasteiger partial charge in [-0.1, -0.05) is 237 Å². The van der Waals surface area contributed by atoms with E-state index >= 15 is 0 Å². The topological polar surface area (TPSA) is 111 Å². The minimum Gasteiger partial charge on any atom is -0.661 e. The molecule has 4 unspecified atom stereocenters. The first-order chi connectivity index (χ1) is 55.2. The molecule has 118 heavy (non-hydrogen) atoms. The predicted molar refractivity (Wildman–Crippen MR) is 523 cm³/mol. The normalized spacial score (nSPS) is 11.8. The van der Waals surface area contributed by atoms with E-state index in [9.17, 15) is 0 Å². The SMILES string of the molecule is CC(/C=C(/C)[N-]c1c(C(C)C)cccc1C(C)C)=NCCN(C(C)C)C(C)C.CC(/C=C(/C)[N-]c1c(C(C)C)cccc1C(C)C)=NCCN(C(C)C)C(C)C.Cc1cccc(C)c1/[PH+]=[PH+]/c1c(C)cccc1C.Cc1cccc(C)c1/[PH+]=[PH+]/c1c(C)cccc1C.[Sc].[Sc].c1ccc(-c2ccccn2)nc1.c1ccc(-c2ccccn2)nc1. The molecule has 0 aliphatic rings. The van der Waals surface area contributed by atoms with Gasteiger partial charge in [0.2, 0.25) is 0 Å². The summed E-state index contributed by atoms with van der Waals surface area (Å²) in [6.45, 7) is 65.6. The monoisotopic (exact) mass is 1720 g/mol. The van der Waals surface area contributed by atoms with Gasteiger partial charge in [-0.15, -0.1) is 11.4 Å². The summed E-state index contributed by atoms with van der Waals surface area (Å²) >= 11 is 0. The molecule has 0 saturated heterocycles. The van der Waals surface area contributed by atoms with Crippen LogP contribution in [0.2, 0.25) is 0 Å². The minimum absolute atomic E-state index is 0.